The van der Waals surface area contributed by atoms with Gasteiger partial charge in [0.2, 0.25) is 0 Å². The normalized spacial score (nSPS) is 12.0. The minimum absolute atomic E-state index is 0.396. The molecule has 3 aromatic rings. The predicted molar refractivity (Wildman–Crippen MR) is 76.2 cm³/mol. The molecule has 0 N–H and O–H groups in total. The number of hydrogen-bond acceptors (Lipinski definition) is 3. The molecule has 0 radical (unpaired) electrons. The molecule has 0 fully saturated rings. The third-order valence-electron chi connectivity index (χ3n) is 3.08. The Morgan fingerprint density at radius 1 is 1.14 bits per heavy atom. The number of nitrogens with zero attached hydrogens (tertiary/aromatic N) is 1. The highest BCUT2D eigenvalue weighted by molar-refractivity contribution is 7.98. The fourth-order valence-corrected chi connectivity index (χ4v) is 2.64. The van der Waals surface area contributed by atoms with Crippen LogP contribution in [0, 0.1) is 0 Å². The summed E-state index contributed by atoms with van der Waals surface area (Å²) >= 11 is 1.46. The van der Waals surface area contributed by atoms with Crippen molar-refractivity contribution in [3.05, 3.63) is 48.2 Å². The maximum absolute atomic E-state index is 12.8. The molecular formula is C15H10F3NOS. The van der Waals surface area contributed by atoms with Crippen molar-refractivity contribution in [2.24, 2.45) is 0 Å². The molecule has 0 unspecified atom stereocenters. The van der Waals surface area contributed by atoms with Crippen LogP contribution in [0.5, 0.6) is 0 Å². The first-order valence-electron chi connectivity index (χ1n) is 6.09. The van der Waals surface area contributed by atoms with Crippen molar-refractivity contribution in [2.45, 2.75) is 11.2 Å². The molecule has 0 atom stereocenters. The van der Waals surface area contributed by atoms with Crippen LogP contribution in [0.3, 0.4) is 0 Å². The van der Waals surface area contributed by atoms with Gasteiger partial charge in [-0.25, -0.2) is 4.98 Å². The van der Waals surface area contributed by atoms with Crippen LogP contribution in [-0.4, -0.2) is 11.2 Å². The summed E-state index contributed by atoms with van der Waals surface area (Å²) < 4.78 is 43.9. The van der Waals surface area contributed by atoms with Gasteiger partial charge in [0.1, 0.15) is 16.4 Å². The standard InChI is InChI=1S/C15H10F3NOS/c1-21-14-11-8-13(20-12(11)5-6-19-14)9-3-2-4-10(7-9)15(16,17)18/h2-8H,1H3. The molecule has 0 aliphatic carbocycles. The van der Waals surface area contributed by atoms with E-state index in [4.69, 9.17) is 4.42 Å². The zero-order valence-electron chi connectivity index (χ0n) is 10.9. The molecule has 0 aliphatic heterocycles. The maximum atomic E-state index is 12.8. The Kier molecular flexibility index (Phi) is 3.41. The van der Waals surface area contributed by atoms with E-state index in [0.29, 0.717) is 16.9 Å². The lowest BCUT2D eigenvalue weighted by Crippen LogP contribution is -2.04. The van der Waals surface area contributed by atoms with Crippen LogP contribution in [0.4, 0.5) is 13.2 Å². The SMILES string of the molecule is CSc1nccc2oc(-c3cccc(C(F)(F)F)c3)cc12. The molecule has 21 heavy (non-hydrogen) atoms. The number of furan rings is 1. The second-order valence-electron chi connectivity index (χ2n) is 4.42. The van der Waals surface area contributed by atoms with E-state index in [9.17, 15) is 13.2 Å². The van der Waals surface area contributed by atoms with Gasteiger partial charge in [0.15, 0.2) is 0 Å². The zero-order valence-corrected chi connectivity index (χ0v) is 11.8. The van der Waals surface area contributed by atoms with Crippen molar-refractivity contribution in [1.82, 2.24) is 4.98 Å². The van der Waals surface area contributed by atoms with E-state index in [-0.39, 0.29) is 0 Å². The van der Waals surface area contributed by atoms with Crippen molar-refractivity contribution in [3.8, 4) is 11.3 Å². The molecule has 1 aromatic carbocycles. The molecule has 0 amide bonds. The van der Waals surface area contributed by atoms with Gasteiger partial charge >= 0.3 is 6.18 Å². The molecule has 0 spiro atoms. The van der Waals surface area contributed by atoms with Crippen LogP contribution in [0.1, 0.15) is 5.56 Å². The van der Waals surface area contributed by atoms with Gasteiger partial charge in [-0.1, -0.05) is 12.1 Å². The Morgan fingerprint density at radius 3 is 2.67 bits per heavy atom. The number of pyridine rings is 1. The van der Waals surface area contributed by atoms with E-state index in [1.807, 2.05) is 6.26 Å². The summed E-state index contributed by atoms with van der Waals surface area (Å²) in [6, 6.07) is 8.53. The zero-order chi connectivity index (χ0) is 15.0. The van der Waals surface area contributed by atoms with Gasteiger partial charge in [0.05, 0.1) is 10.9 Å². The Labute approximate surface area is 123 Å². The van der Waals surface area contributed by atoms with E-state index in [1.165, 1.54) is 17.8 Å². The first-order valence-corrected chi connectivity index (χ1v) is 7.31. The number of aromatic nitrogens is 1. The molecule has 108 valence electrons. The minimum atomic E-state index is -4.37. The van der Waals surface area contributed by atoms with Gasteiger partial charge in [0, 0.05) is 11.8 Å². The van der Waals surface area contributed by atoms with Gasteiger partial charge in [-0.3, -0.25) is 0 Å². The second kappa shape index (κ2) is 5.11. The topological polar surface area (TPSA) is 26.0 Å². The molecule has 0 saturated heterocycles. The van der Waals surface area contributed by atoms with Crippen LogP contribution >= 0.6 is 11.8 Å². The number of rotatable bonds is 2. The summed E-state index contributed by atoms with van der Waals surface area (Å²) in [5.41, 5.74) is 0.318. The number of alkyl halides is 3. The smallest absolute Gasteiger partial charge is 0.416 e. The van der Waals surface area contributed by atoms with Crippen molar-refractivity contribution < 1.29 is 17.6 Å². The molecule has 0 saturated carbocycles. The number of fused-ring (bicyclic) bond motifs is 1. The average molecular weight is 309 g/mol. The van der Waals surface area contributed by atoms with E-state index >= 15 is 0 Å². The minimum Gasteiger partial charge on any atom is -0.456 e. The molecule has 2 aromatic heterocycles. The van der Waals surface area contributed by atoms with E-state index in [1.54, 1.807) is 24.4 Å². The van der Waals surface area contributed by atoms with Gasteiger partial charge < -0.3 is 4.42 Å². The summed E-state index contributed by atoms with van der Waals surface area (Å²) in [6.07, 6.45) is -0.861. The van der Waals surface area contributed by atoms with Gasteiger partial charge in [0.25, 0.3) is 0 Å². The number of thioether (sulfide) groups is 1. The van der Waals surface area contributed by atoms with E-state index in [2.05, 4.69) is 4.98 Å². The Balaban J connectivity index is 2.13. The van der Waals surface area contributed by atoms with Gasteiger partial charge in [-0.15, -0.1) is 11.8 Å². The highest BCUT2D eigenvalue weighted by atomic mass is 32.2. The van der Waals surface area contributed by atoms with Crippen LogP contribution in [0.25, 0.3) is 22.3 Å². The number of halogens is 3. The third kappa shape index (κ3) is 2.63. The lowest BCUT2D eigenvalue weighted by Gasteiger charge is -2.07. The van der Waals surface area contributed by atoms with Gasteiger partial charge in [-0.05, 0) is 30.5 Å². The Morgan fingerprint density at radius 2 is 1.95 bits per heavy atom. The van der Waals surface area contributed by atoms with Crippen molar-refractivity contribution in [1.29, 1.82) is 0 Å². The molecule has 3 rings (SSSR count). The number of benzene rings is 1. The molecule has 0 bridgehead atoms. The molecule has 0 aliphatic rings. The summed E-state index contributed by atoms with van der Waals surface area (Å²) in [4.78, 5) is 4.21. The van der Waals surface area contributed by atoms with Crippen LogP contribution < -0.4 is 0 Å². The van der Waals surface area contributed by atoms with Crippen LogP contribution in [0.15, 0.2) is 52.0 Å². The summed E-state index contributed by atoms with van der Waals surface area (Å²) in [6.45, 7) is 0. The molecule has 2 nitrogen and oxygen atoms in total. The largest absolute Gasteiger partial charge is 0.456 e. The summed E-state index contributed by atoms with van der Waals surface area (Å²) in [5.74, 6) is 0.402. The fourth-order valence-electron chi connectivity index (χ4n) is 2.09. The van der Waals surface area contributed by atoms with Crippen LogP contribution in [-0.2, 0) is 6.18 Å². The van der Waals surface area contributed by atoms with Crippen molar-refractivity contribution in [2.75, 3.05) is 6.26 Å². The third-order valence-corrected chi connectivity index (χ3v) is 3.79. The Bertz CT molecular complexity index is 795. The second-order valence-corrected chi connectivity index (χ2v) is 5.22. The fraction of sp³-hybridized carbons (Fsp3) is 0.133. The highest BCUT2D eigenvalue weighted by Gasteiger charge is 2.30. The van der Waals surface area contributed by atoms with Crippen LogP contribution in [0.2, 0.25) is 0 Å². The monoisotopic (exact) mass is 309 g/mol. The maximum Gasteiger partial charge on any atom is 0.416 e. The number of hydrogen-bond donors (Lipinski definition) is 0. The first-order chi connectivity index (χ1) is 9.99. The lowest BCUT2D eigenvalue weighted by molar-refractivity contribution is -0.137. The molecule has 6 heteroatoms. The highest BCUT2D eigenvalue weighted by Crippen LogP contribution is 2.35. The van der Waals surface area contributed by atoms with Crippen molar-refractivity contribution >= 4 is 22.7 Å². The summed E-state index contributed by atoms with van der Waals surface area (Å²) in [5, 5.41) is 1.59. The van der Waals surface area contributed by atoms with Gasteiger partial charge in [-0.2, -0.15) is 13.2 Å². The van der Waals surface area contributed by atoms with Crippen molar-refractivity contribution in [3.63, 3.8) is 0 Å². The predicted octanol–water partition coefficient (Wildman–Crippen LogP) is 5.24. The average Bonchev–Trinajstić information content (AvgIpc) is 2.90. The summed E-state index contributed by atoms with van der Waals surface area (Å²) in [7, 11) is 0. The molecule has 2 heterocycles. The molecular weight excluding hydrogens is 299 g/mol. The first kappa shape index (κ1) is 14.0. The quantitative estimate of drug-likeness (QED) is 0.606. The Hall–Kier alpha value is -1.95. The van der Waals surface area contributed by atoms with E-state index < -0.39 is 11.7 Å². The van der Waals surface area contributed by atoms with E-state index in [0.717, 1.165) is 22.5 Å². The lowest BCUT2D eigenvalue weighted by atomic mass is 10.1.